The quantitative estimate of drug-likeness (QED) is 0.536. The van der Waals surface area contributed by atoms with Crippen LogP contribution in [0.4, 0.5) is 0 Å². The second-order valence-electron chi connectivity index (χ2n) is 3.32. The van der Waals surface area contributed by atoms with E-state index in [1.165, 1.54) is 0 Å². The molecule has 1 aliphatic rings. The minimum absolute atomic E-state index is 0.114. The molecule has 7 heteroatoms. The van der Waals surface area contributed by atoms with Crippen LogP contribution in [-0.4, -0.2) is 36.0 Å². The van der Waals surface area contributed by atoms with Gasteiger partial charge < -0.3 is 10.4 Å². The first-order chi connectivity index (χ1) is 6.41. The zero-order valence-electron chi connectivity index (χ0n) is 7.51. The third-order valence-corrected chi connectivity index (χ3v) is 3.19. The second-order valence-corrected chi connectivity index (χ2v) is 4.90. The van der Waals surface area contributed by atoms with Crippen LogP contribution in [0.25, 0.3) is 0 Å². The number of nitrogens with one attached hydrogen (secondary N) is 1. The van der Waals surface area contributed by atoms with Gasteiger partial charge in [-0.2, -0.15) is 8.42 Å². The van der Waals surface area contributed by atoms with E-state index in [4.69, 9.17) is 9.66 Å². The van der Waals surface area contributed by atoms with Gasteiger partial charge in [0.15, 0.2) is 5.44 Å². The zero-order valence-corrected chi connectivity index (χ0v) is 8.33. The molecule has 1 amide bonds. The Balaban J connectivity index is 2.37. The lowest BCUT2D eigenvalue weighted by Crippen LogP contribution is -2.23. The first-order valence-corrected chi connectivity index (χ1v) is 5.83. The Morgan fingerprint density at radius 1 is 1.57 bits per heavy atom. The van der Waals surface area contributed by atoms with Crippen LogP contribution < -0.4 is 5.32 Å². The molecule has 0 bridgehead atoms. The van der Waals surface area contributed by atoms with Crippen molar-refractivity contribution in [3.05, 3.63) is 0 Å². The second kappa shape index (κ2) is 4.24. The van der Waals surface area contributed by atoms with Gasteiger partial charge >= 0.3 is 0 Å². The highest BCUT2D eigenvalue weighted by Crippen LogP contribution is 2.18. The Hall–Kier alpha value is -0.660. The molecule has 1 fully saturated rings. The van der Waals surface area contributed by atoms with E-state index < -0.39 is 15.6 Å². The summed E-state index contributed by atoms with van der Waals surface area (Å²) in [6, 6.07) is 0. The third-order valence-electron chi connectivity index (χ3n) is 2.27. The SMILES string of the molecule is O=C1NCC[C@@H]1CCC(O)S(=O)(=O)O. The molecule has 1 rings (SSSR count). The third kappa shape index (κ3) is 2.93. The largest absolute Gasteiger partial charge is 0.375 e. The average molecular weight is 223 g/mol. The van der Waals surface area contributed by atoms with Gasteiger partial charge in [-0.15, -0.1) is 0 Å². The fourth-order valence-corrected chi connectivity index (χ4v) is 1.85. The Bertz CT molecular complexity index is 312. The first kappa shape index (κ1) is 11.4. The number of hydrogen-bond acceptors (Lipinski definition) is 4. The topological polar surface area (TPSA) is 104 Å². The summed E-state index contributed by atoms with van der Waals surface area (Å²) >= 11 is 0. The number of carbonyl (C=O) groups excluding carboxylic acids is 1. The predicted octanol–water partition coefficient (Wildman–Crippen LogP) is -0.891. The highest BCUT2D eigenvalue weighted by molar-refractivity contribution is 7.86. The number of carbonyl (C=O) groups is 1. The van der Waals surface area contributed by atoms with Crippen molar-refractivity contribution < 1.29 is 22.9 Å². The summed E-state index contributed by atoms with van der Waals surface area (Å²) in [6.07, 6.45) is 0.806. The number of amides is 1. The maximum atomic E-state index is 11.0. The predicted molar refractivity (Wildman–Crippen MR) is 47.9 cm³/mol. The van der Waals surface area contributed by atoms with Crippen molar-refractivity contribution in [2.24, 2.45) is 5.92 Å². The molecule has 1 heterocycles. The van der Waals surface area contributed by atoms with Gasteiger partial charge in [0.05, 0.1) is 0 Å². The molecule has 6 nitrogen and oxygen atoms in total. The van der Waals surface area contributed by atoms with Gasteiger partial charge in [-0.05, 0) is 19.3 Å². The van der Waals surface area contributed by atoms with Crippen molar-refractivity contribution in [2.75, 3.05) is 6.54 Å². The normalized spacial score (nSPS) is 24.7. The number of rotatable bonds is 4. The van der Waals surface area contributed by atoms with E-state index in [0.717, 1.165) is 0 Å². The van der Waals surface area contributed by atoms with E-state index in [1.54, 1.807) is 0 Å². The lowest BCUT2D eigenvalue weighted by atomic mass is 10.0. The number of aliphatic hydroxyl groups excluding tert-OH is 1. The lowest BCUT2D eigenvalue weighted by molar-refractivity contribution is -0.122. The van der Waals surface area contributed by atoms with Crippen molar-refractivity contribution in [2.45, 2.75) is 24.7 Å². The van der Waals surface area contributed by atoms with Gasteiger partial charge in [0.2, 0.25) is 5.91 Å². The molecule has 0 radical (unpaired) electrons. The summed E-state index contributed by atoms with van der Waals surface area (Å²) in [5.74, 6) is -0.362. The Morgan fingerprint density at radius 2 is 2.21 bits per heavy atom. The molecule has 0 aromatic rings. The van der Waals surface area contributed by atoms with Gasteiger partial charge in [0.1, 0.15) is 0 Å². The van der Waals surface area contributed by atoms with Crippen LogP contribution in [0.2, 0.25) is 0 Å². The molecule has 0 saturated carbocycles. The molecular formula is C7H13NO5S. The molecule has 2 atom stereocenters. The smallest absolute Gasteiger partial charge is 0.291 e. The molecule has 0 aromatic heterocycles. The van der Waals surface area contributed by atoms with Crippen LogP contribution in [0.1, 0.15) is 19.3 Å². The molecule has 14 heavy (non-hydrogen) atoms. The number of hydrogen-bond donors (Lipinski definition) is 3. The van der Waals surface area contributed by atoms with Crippen LogP contribution >= 0.6 is 0 Å². The summed E-state index contributed by atoms with van der Waals surface area (Å²) < 4.78 is 29.3. The molecule has 0 aromatic carbocycles. The molecule has 0 aliphatic carbocycles. The van der Waals surface area contributed by atoms with Crippen molar-refractivity contribution in [1.82, 2.24) is 5.32 Å². The van der Waals surface area contributed by atoms with E-state index in [9.17, 15) is 13.2 Å². The Kier molecular flexibility index (Phi) is 3.46. The minimum atomic E-state index is -4.39. The summed E-state index contributed by atoms with van der Waals surface area (Å²) in [6.45, 7) is 0.589. The van der Waals surface area contributed by atoms with Crippen molar-refractivity contribution in [3.8, 4) is 0 Å². The average Bonchev–Trinajstić information content (AvgIpc) is 2.45. The van der Waals surface area contributed by atoms with Crippen molar-refractivity contribution in [1.29, 1.82) is 0 Å². The summed E-state index contributed by atoms with van der Waals surface area (Å²) in [4.78, 5) is 11.0. The summed E-state index contributed by atoms with van der Waals surface area (Å²) in [5, 5.41) is 11.6. The zero-order chi connectivity index (χ0) is 10.8. The fraction of sp³-hybridized carbons (Fsp3) is 0.857. The van der Waals surface area contributed by atoms with E-state index in [-0.39, 0.29) is 24.7 Å². The van der Waals surface area contributed by atoms with Gasteiger partial charge in [0.25, 0.3) is 10.1 Å². The Labute approximate surface area is 82.1 Å². The maximum absolute atomic E-state index is 11.0. The standard InChI is InChI=1S/C7H13NO5S/c9-6(14(11,12)13)2-1-5-3-4-8-7(5)10/h5-6,9H,1-4H2,(H,8,10)(H,11,12,13)/t5-,6?/m0/s1. The van der Waals surface area contributed by atoms with Gasteiger partial charge in [-0.3, -0.25) is 9.35 Å². The first-order valence-electron chi connectivity index (χ1n) is 4.33. The highest BCUT2D eigenvalue weighted by Gasteiger charge is 2.27. The van der Waals surface area contributed by atoms with Crippen LogP contribution in [0.5, 0.6) is 0 Å². The van der Waals surface area contributed by atoms with Crippen molar-refractivity contribution >= 4 is 16.0 Å². The molecular weight excluding hydrogens is 210 g/mol. The highest BCUT2D eigenvalue weighted by atomic mass is 32.2. The fourth-order valence-electron chi connectivity index (χ4n) is 1.41. The van der Waals surface area contributed by atoms with E-state index in [0.29, 0.717) is 13.0 Å². The maximum Gasteiger partial charge on any atom is 0.291 e. The molecule has 3 N–H and O–H groups in total. The molecule has 1 saturated heterocycles. The van der Waals surface area contributed by atoms with Crippen LogP contribution in [0.3, 0.4) is 0 Å². The summed E-state index contributed by atoms with van der Waals surface area (Å²) in [7, 11) is -4.39. The molecule has 1 unspecified atom stereocenters. The lowest BCUT2D eigenvalue weighted by Gasteiger charge is -2.09. The van der Waals surface area contributed by atoms with E-state index in [1.807, 2.05) is 0 Å². The van der Waals surface area contributed by atoms with Gasteiger partial charge in [-0.1, -0.05) is 0 Å². The van der Waals surface area contributed by atoms with Crippen LogP contribution in [0, 0.1) is 5.92 Å². The van der Waals surface area contributed by atoms with Crippen LogP contribution in [0.15, 0.2) is 0 Å². The molecule has 0 spiro atoms. The Morgan fingerprint density at radius 3 is 2.64 bits per heavy atom. The van der Waals surface area contributed by atoms with E-state index >= 15 is 0 Å². The van der Waals surface area contributed by atoms with E-state index in [2.05, 4.69) is 5.32 Å². The molecule has 82 valence electrons. The van der Waals surface area contributed by atoms with Crippen molar-refractivity contribution in [3.63, 3.8) is 0 Å². The monoisotopic (exact) mass is 223 g/mol. The summed E-state index contributed by atoms with van der Waals surface area (Å²) in [5.41, 5.74) is -1.78. The number of aliphatic hydroxyl groups is 1. The molecule has 1 aliphatic heterocycles. The minimum Gasteiger partial charge on any atom is -0.375 e. The van der Waals surface area contributed by atoms with Crippen LogP contribution in [-0.2, 0) is 14.9 Å². The van der Waals surface area contributed by atoms with Gasteiger partial charge in [-0.25, -0.2) is 0 Å². The van der Waals surface area contributed by atoms with Gasteiger partial charge in [0, 0.05) is 12.5 Å².